The van der Waals surface area contributed by atoms with Crippen LogP contribution in [0.25, 0.3) is 0 Å². The molecular weight excluding hydrogens is 434 g/mol. The van der Waals surface area contributed by atoms with Crippen molar-refractivity contribution in [3.05, 3.63) is 0 Å². The number of Topliss-reactive ketones (excluding diaryl/α,β-unsaturated/α-hetero) is 1. The highest BCUT2D eigenvalue weighted by molar-refractivity contribution is 5.84. The van der Waals surface area contributed by atoms with Crippen LogP contribution in [0.2, 0.25) is 0 Å². The second-order valence-electron chi connectivity index (χ2n) is 9.51. The molecule has 0 saturated heterocycles. The number of carboxylic acids is 2. The van der Waals surface area contributed by atoms with Crippen molar-refractivity contribution in [1.29, 1.82) is 0 Å². The number of nitrogens with one attached hydrogen (secondary N) is 1. The summed E-state index contributed by atoms with van der Waals surface area (Å²) in [6.07, 6.45) is 17.8. The van der Waals surface area contributed by atoms with Gasteiger partial charge in [0.05, 0.1) is 5.92 Å². The van der Waals surface area contributed by atoms with Gasteiger partial charge >= 0.3 is 11.9 Å². The SMILES string of the molecule is CCCNC(=O)CCC(CC(=O)CCCCCCCCCCCCCCCCC(=O)O)C(=O)O. The Morgan fingerprint density at radius 2 is 1.09 bits per heavy atom. The molecule has 0 aliphatic rings. The molecule has 0 bridgehead atoms. The van der Waals surface area contributed by atoms with Crippen molar-refractivity contribution < 1.29 is 29.4 Å². The first-order valence-corrected chi connectivity index (χ1v) is 13.6. The number of unbranched alkanes of at least 4 members (excludes halogenated alkanes) is 13. The van der Waals surface area contributed by atoms with E-state index in [2.05, 4.69) is 5.32 Å². The van der Waals surface area contributed by atoms with Gasteiger partial charge in [-0.1, -0.05) is 84.0 Å². The fourth-order valence-corrected chi connectivity index (χ4v) is 4.07. The number of hydrogen-bond donors (Lipinski definition) is 3. The molecule has 7 nitrogen and oxygen atoms in total. The van der Waals surface area contributed by atoms with E-state index in [1.54, 1.807) is 0 Å². The minimum Gasteiger partial charge on any atom is -0.481 e. The van der Waals surface area contributed by atoms with Crippen LogP contribution in [-0.4, -0.2) is 40.4 Å². The van der Waals surface area contributed by atoms with Crippen LogP contribution in [0.4, 0.5) is 0 Å². The molecule has 0 aromatic rings. The van der Waals surface area contributed by atoms with E-state index in [9.17, 15) is 24.3 Å². The quantitative estimate of drug-likeness (QED) is 0.131. The van der Waals surface area contributed by atoms with Gasteiger partial charge in [0.1, 0.15) is 5.78 Å². The van der Waals surface area contributed by atoms with E-state index >= 15 is 0 Å². The molecule has 0 aliphatic heterocycles. The molecule has 0 fully saturated rings. The van der Waals surface area contributed by atoms with Crippen molar-refractivity contribution in [1.82, 2.24) is 5.32 Å². The van der Waals surface area contributed by atoms with Crippen LogP contribution >= 0.6 is 0 Å². The highest BCUT2D eigenvalue weighted by atomic mass is 16.4. The molecule has 0 rings (SSSR count). The van der Waals surface area contributed by atoms with E-state index in [-0.39, 0.29) is 31.0 Å². The number of carbonyl (C=O) groups is 4. The molecule has 1 atom stereocenters. The van der Waals surface area contributed by atoms with Crippen LogP contribution < -0.4 is 5.32 Å². The molecule has 7 heteroatoms. The number of ketones is 1. The van der Waals surface area contributed by atoms with Gasteiger partial charge in [-0.05, 0) is 25.7 Å². The van der Waals surface area contributed by atoms with Gasteiger partial charge in [-0.3, -0.25) is 19.2 Å². The predicted octanol–water partition coefficient (Wildman–Crippen LogP) is 6.28. The maximum absolute atomic E-state index is 12.1. The molecule has 0 aromatic carbocycles. The topological polar surface area (TPSA) is 121 Å². The number of amides is 1. The summed E-state index contributed by atoms with van der Waals surface area (Å²) in [6.45, 7) is 2.55. The molecule has 0 aliphatic carbocycles. The molecular formula is C27H49NO6. The second-order valence-corrected chi connectivity index (χ2v) is 9.51. The maximum atomic E-state index is 12.1. The van der Waals surface area contributed by atoms with Gasteiger partial charge < -0.3 is 15.5 Å². The minimum absolute atomic E-state index is 0.0109. The molecule has 0 heterocycles. The van der Waals surface area contributed by atoms with Gasteiger partial charge in [-0.2, -0.15) is 0 Å². The van der Waals surface area contributed by atoms with E-state index in [1.165, 1.54) is 51.4 Å². The summed E-state index contributed by atoms with van der Waals surface area (Å²) >= 11 is 0. The normalized spacial score (nSPS) is 11.8. The van der Waals surface area contributed by atoms with E-state index in [0.717, 1.165) is 44.9 Å². The molecule has 0 aromatic heterocycles. The lowest BCUT2D eigenvalue weighted by molar-refractivity contribution is -0.144. The number of carboxylic acid groups (broad SMARTS) is 2. The average molecular weight is 484 g/mol. The number of rotatable bonds is 25. The third-order valence-corrected chi connectivity index (χ3v) is 6.21. The van der Waals surface area contributed by atoms with E-state index in [1.807, 2.05) is 6.92 Å². The fourth-order valence-electron chi connectivity index (χ4n) is 4.07. The van der Waals surface area contributed by atoms with Gasteiger partial charge in [0.25, 0.3) is 0 Å². The summed E-state index contributed by atoms with van der Waals surface area (Å²) in [4.78, 5) is 45.6. The van der Waals surface area contributed by atoms with Crippen LogP contribution in [0.3, 0.4) is 0 Å². The molecule has 0 saturated carbocycles. The lowest BCUT2D eigenvalue weighted by Crippen LogP contribution is -2.26. The number of carbonyl (C=O) groups excluding carboxylic acids is 2. The first-order valence-electron chi connectivity index (χ1n) is 13.6. The number of aliphatic carboxylic acids is 2. The summed E-state index contributed by atoms with van der Waals surface area (Å²) in [6, 6.07) is 0. The van der Waals surface area contributed by atoms with Crippen molar-refractivity contribution in [2.24, 2.45) is 5.92 Å². The van der Waals surface area contributed by atoms with Crippen LogP contribution in [0.1, 0.15) is 135 Å². The standard InChI is InChI=1S/C27H49NO6/c1-2-21-28-25(30)20-19-23(27(33)34)22-24(29)17-15-13-11-9-7-5-3-4-6-8-10-12-14-16-18-26(31)32/h23H,2-22H2,1H3,(H,28,30)(H,31,32)(H,33,34). The first kappa shape index (κ1) is 32.1. The predicted molar refractivity (Wildman–Crippen MR) is 135 cm³/mol. The minimum atomic E-state index is -0.993. The monoisotopic (exact) mass is 483 g/mol. The Morgan fingerprint density at radius 3 is 1.50 bits per heavy atom. The second kappa shape index (κ2) is 22.9. The van der Waals surface area contributed by atoms with Crippen LogP contribution in [0.5, 0.6) is 0 Å². The summed E-state index contributed by atoms with van der Waals surface area (Å²) in [5.41, 5.74) is 0. The van der Waals surface area contributed by atoms with Crippen molar-refractivity contribution in [3.63, 3.8) is 0 Å². The zero-order valence-electron chi connectivity index (χ0n) is 21.5. The van der Waals surface area contributed by atoms with E-state index in [4.69, 9.17) is 5.11 Å². The molecule has 198 valence electrons. The Hall–Kier alpha value is -1.92. The average Bonchev–Trinajstić information content (AvgIpc) is 2.79. The third kappa shape index (κ3) is 21.9. The lowest BCUT2D eigenvalue weighted by Gasteiger charge is -2.11. The van der Waals surface area contributed by atoms with Crippen LogP contribution in [0.15, 0.2) is 0 Å². The summed E-state index contributed by atoms with van der Waals surface area (Å²) in [5.74, 6) is -2.61. The maximum Gasteiger partial charge on any atom is 0.306 e. The van der Waals surface area contributed by atoms with Gasteiger partial charge in [0.2, 0.25) is 5.91 Å². The Labute approximate surface area is 206 Å². The van der Waals surface area contributed by atoms with Gasteiger partial charge in [0, 0.05) is 32.2 Å². The first-order chi connectivity index (χ1) is 16.4. The summed E-state index contributed by atoms with van der Waals surface area (Å²) in [7, 11) is 0. The smallest absolute Gasteiger partial charge is 0.306 e. The lowest BCUT2D eigenvalue weighted by atomic mass is 9.94. The van der Waals surface area contributed by atoms with Crippen molar-refractivity contribution in [2.75, 3.05) is 6.54 Å². The zero-order valence-corrected chi connectivity index (χ0v) is 21.5. The number of hydrogen-bond acceptors (Lipinski definition) is 4. The Kier molecular flexibility index (Phi) is 21.6. The summed E-state index contributed by atoms with van der Waals surface area (Å²) < 4.78 is 0. The third-order valence-electron chi connectivity index (χ3n) is 6.21. The molecule has 1 amide bonds. The highest BCUT2D eigenvalue weighted by Gasteiger charge is 2.21. The Bertz CT molecular complexity index is 563. The fraction of sp³-hybridized carbons (Fsp3) is 0.852. The van der Waals surface area contributed by atoms with Crippen LogP contribution in [0, 0.1) is 5.92 Å². The molecule has 0 spiro atoms. The Morgan fingerprint density at radius 1 is 0.647 bits per heavy atom. The molecule has 34 heavy (non-hydrogen) atoms. The van der Waals surface area contributed by atoms with Gasteiger partial charge in [-0.15, -0.1) is 0 Å². The van der Waals surface area contributed by atoms with E-state index < -0.39 is 17.9 Å². The van der Waals surface area contributed by atoms with Gasteiger partial charge in [-0.25, -0.2) is 0 Å². The summed E-state index contributed by atoms with van der Waals surface area (Å²) in [5, 5.41) is 20.7. The molecule has 3 N–H and O–H groups in total. The zero-order chi connectivity index (χ0) is 25.4. The van der Waals surface area contributed by atoms with Gasteiger partial charge in [0.15, 0.2) is 0 Å². The van der Waals surface area contributed by atoms with Crippen LogP contribution in [-0.2, 0) is 19.2 Å². The van der Waals surface area contributed by atoms with Crippen molar-refractivity contribution >= 4 is 23.6 Å². The van der Waals surface area contributed by atoms with E-state index in [0.29, 0.717) is 19.4 Å². The largest absolute Gasteiger partial charge is 0.481 e. The van der Waals surface area contributed by atoms with Crippen molar-refractivity contribution in [3.8, 4) is 0 Å². The molecule has 1 unspecified atom stereocenters. The molecule has 0 radical (unpaired) electrons. The van der Waals surface area contributed by atoms with Crippen molar-refractivity contribution in [2.45, 2.75) is 135 Å². The highest BCUT2D eigenvalue weighted by Crippen LogP contribution is 2.17. The Balaban J connectivity index is 3.55.